The monoisotopic (exact) mass is 727 g/mol. The maximum atomic E-state index is 6.57. The topological polar surface area (TPSA) is 57.0 Å². The zero-order valence-corrected chi connectivity index (χ0v) is 30.4. The highest BCUT2D eigenvalue weighted by Crippen LogP contribution is 2.45. The molecule has 264 valence electrons. The first-order valence-corrected chi connectivity index (χ1v) is 19.2. The highest BCUT2D eigenvalue weighted by Gasteiger charge is 2.25. The summed E-state index contributed by atoms with van der Waals surface area (Å²) < 4.78 is 15.5. The van der Waals surface area contributed by atoms with Gasteiger partial charge in [-0.15, -0.1) is 0 Å². The number of rotatable bonds is 3. The largest absolute Gasteiger partial charge is 0.455 e. The van der Waals surface area contributed by atoms with E-state index >= 15 is 0 Å². The van der Waals surface area contributed by atoms with Gasteiger partial charge in [-0.1, -0.05) is 127 Å². The van der Waals surface area contributed by atoms with E-state index in [4.69, 9.17) is 18.8 Å². The number of hydrogen-bond acceptors (Lipinski definition) is 4. The molecule has 4 aromatic heterocycles. The fourth-order valence-corrected chi connectivity index (χ4v) is 9.24. The van der Waals surface area contributed by atoms with E-state index in [0.717, 1.165) is 116 Å². The van der Waals surface area contributed by atoms with E-state index in [2.05, 4.69) is 144 Å². The van der Waals surface area contributed by atoms with Crippen molar-refractivity contribution in [3.05, 3.63) is 175 Å². The van der Waals surface area contributed by atoms with Gasteiger partial charge in [0.1, 0.15) is 28.0 Å². The molecule has 5 heterocycles. The van der Waals surface area contributed by atoms with Crippen LogP contribution in [0.2, 0.25) is 0 Å². The van der Waals surface area contributed by atoms with E-state index in [-0.39, 0.29) is 0 Å². The van der Waals surface area contributed by atoms with Crippen LogP contribution in [-0.2, 0) is 0 Å². The Labute approximate surface area is 325 Å². The van der Waals surface area contributed by atoms with E-state index in [1.807, 2.05) is 36.4 Å². The molecule has 0 aliphatic carbocycles. The highest BCUT2D eigenvalue weighted by molar-refractivity contribution is 6.21. The van der Waals surface area contributed by atoms with Crippen LogP contribution in [0.25, 0.3) is 128 Å². The highest BCUT2D eigenvalue weighted by atomic mass is 16.3. The van der Waals surface area contributed by atoms with Crippen LogP contribution in [0, 0.1) is 0 Å². The molecule has 0 radical (unpaired) electrons. The minimum absolute atomic E-state index is 0.655. The van der Waals surface area contributed by atoms with Crippen molar-refractivity contribution in [3.63, 3.8) is 0 Å². The van der Waals surface area contributed by atoms with Crippen LogP contribution < -0.4 is 0 Å². The summed E-state index contributed by atoms with van der Waals surface area (Å²) in [6.07, 6.45) is 4.52. The first-order chi connectivity index (χ1) is 28.3. The van der Waals surface area contributed by atoms with Crippen molar-refractivity contribution < 1.29 is 8.83 Å². The molecule has 1 aliphatic rings. The van der Waals surface area contributed by atoms with Crippen LogP contribution in [-0.4, -0.2) is 14.5 Å². The summed E-state index contributed by atoms with van der Waals surface area (Å²) in [5.74, 6) is 0.655. The van der Waals surface area contributed by atoms with Crippen molar-refractivity contribution >= 4 is 88.7 Å². The Hall–Kier alpha value is -7.76. The van der Waals surface area contributed by atoms with Gasteiger partial charge in [0.15, 0.2) is 11.4 Å². The lowest BCUT2D eigenvalue weighted by molar-refractivity contribution is 0.667. The Balaban J connectivity index is 1.08. The lowest BCUT2D eigenvalue weighted by Crippen LogP contribution is -1.98. The molecule has 0 bridgehead atoms. The van der Waals surface area contributed by atoms with Crippen molar-refractivity contribution in [1.29, 1.82) is 0 Å². The Kier molecular flexibility index (Phi) is 6.10. The van der Waals surface area contributed by atoms with Crippen molar-refractivity contribution in [1.82, 2.24) is 14.5 Å². The van der Waals surface area contributed by atoms with Crippen molar-refractivity contribution in [2.75, 3.05) is 0 Å². The number of aromatic nitrogens is 3. The maximum Gasteiger partial charge on any atom is 0.180 e. The molecular formula is C52H29N3O2. The first kappa shape index (κ1) is 30.6. The van der Waals surface area contributed by atoms with E-state index in [1.165, 1.54) is 0 Å². The summed E-state index contributed by atoms with van der Waals surface area (Å²) >= 11 is 0. The molecule has 0 N–H and O–H groups in total. The average molecular weight is 728 g/mol. The Morgan fingerprint density at radius 2 is 1.14 bits per heavy atom. The molecule has 0 amide bonds. The van der Waals surface area contributed by atoms with E-state index in [1.54, 1.807) is 0 Å². The molecule has 0 spiro atoms. The molecule has 0 fully saturated rings. The van der Waals surface area contributed by atoms with Gasteiger partial charge in [0.05, 0.1) is 16.7 Å². The summed E-state index contributed by atoms with van der Waals surface area (Å²) in [7, 11) is 0. The summed E-state index contributed by atoms with van der Waals surface area (Å²) in [6.45, 7) is 0. The summed E-state index contributed by atoms with van der Waals surface area (Å²) in [6, 6.07) is 57.4. The minimum Gasteiger partial charge on any atom is -0.455 e. The lowest BCUT2D eigenvalue weighted by atomic mass is 9.99. The molecule has 13 rings (SSSR count). The van der Waals surface area contributed by atoms with Gasteiger partial charge >= 0.3 is 0 Å². The van der Waals surface area contributed by atoms with Gasteiger partial charge in [0.25, 0.3) is 0 Å². The molecule has 8 aromatic carbocycles. The second-order valence-electron chi connectivity index (χ2n) is 14.9. The summed E-state index contributed by atoms with van der Waals surface area (Å²) in [5.41, 5.74) is 14.7. The molecule has 0 saturated carbocycles. The molecule has 57 heavy (non-hydrogen) atoms. The Morgan fingerprint density at radius 3 is 2.05 bits per heavy atom. The van der Waals surface area contributed by atoms with Crippen LogP contribution in [0.3, 0.4) is 0 Å². The van der Waals surface area contributed by atoms with Crippen LogP contribution in [0.4, 0.5) is 0 Å². The van der Waals surface area contributed by atoms with Gasteiger partial charge in [-0.3, -0.25) is 0 Å². The Morgan fingerprint density at radius 1 is 0.456 bits per heavy atom. The van der Waals surface area contributed by atoms with Gasteiger partial charge < -0.3 is 13.4 Å². The third-order valence-corrected chi connectivity index (χ3v) is 11.8. The first-order valence-electron chi connectivity index (χ1n) is 19.2. The van der Waals surface area contributed by atoms with Gasteiger partial charge in [-0.25, -0.2) is 9.97 Å². The average Bonchev–Trinajstić information content (AvgIpc) is 3.92. The molecule has 0 saturated heterocycles. The van der Waals surface area contributed by atoms with Crippen LogP contribution >= 0.6 is 0 Å². The number of furan rings is 2. The molecule has 0 atom stereocenters. The van der Waals surface area contributed by atoms with Gasteiger partial charge in [0, 0.05) is 49.0 Å². The number of para-hydroxylation sites is 3. The predicted octanol–water partition coefficient (Wildman–Crippen LogP) is 14.0. The minimum atomic E-state index is 0.655. The number of benzene rings is 8. The van der Waals surface area contributed by atoms with Crippen LogP contribution in [0.1, 0.15) is 11.1 Å². The van der Waals surface area contributed by atoms with Gasteiger partial charge in [-0.2, -0.15) is 0 Å². The second-order valence-corrected chi connectivity index (χ2v) is 14.9. The van der Waals surface area contributed by atoms with Gasteiger partial charge in [0.2, 0.25) is 0 Å². The van der Waals surface area contributed by atoms with Crippen LogP contribution in [0.15, 0.2) is 173 Å². The number of hydrogen-bond donors (Lipinski definition) is 0. The summed E-state index contributed by atoms with van der Waals surface area (Å²) in [5, 5.41) is 7.74. The lowest BCUT2D eigenvalue weighted by Gasteiger charge is -2.14. The number of nitrogens with zero attached hydrogens (tertiary/aromatic N) is 3. The normalized spacial score (nSPS) is 12.5. The molecule has 12 aromatic rings. The van der Waals surface area contributed by atoms with Crippen molar-refractivity contribution in [2.45, 2.75) is 0 Å². The third-order valence-electron chi connectivity index (χ3n) is 11.8. The van der Waals surface area contributed by atoms with E-state index in [0.29, 0.717) is 11.4 Å². The van der Waals surface area contributed by atoms with Crippen LogP contribution in [0.5, 0.6) is 0 Å². The standard InChI is InChI=1S/C52H29N3O2/c1-2-11-30(12-3-1)32-14-8-15-33(29-32)47-51-48(39-17-5-7-22-45(39)57-51)54-52(53-47)41-19-10-20-43-46(41)40-18-9-13-31-23-24-35-34-25-26-38-36-16-4-6-21-44(36)56-50(38)37(34)27-28-42(35)55(43)49(31)40/h1-29H. The maximum absolute atomic E-state index is 6.57. The van der Waals surface area contributed by atoms with Crippen molar-refractivity contribution in [3.8, 4) is 39.5 Å². The van der Waals surface area contributed by atoms with E-state index in [9.17, 15) is 0 Å². The SMILES string of the molecule is C1=Cc2cccc3c4c(-c5nc(-c6cccc(-c7ccccc7)c6)c6oc7ccccc7c6n5)cccc4n(c23)-c2ccc3c(ccc4c5ccccc5oc34)c21. The second kappa shape index (κ2) is 11.4. The zero-order valence-electron chi connectivity index (χ0n) is 30.4. The molecule has 1 aliphatic heterocycles. The van der Waals surface area contributed by atoms with Crippen molar-refractivity contribution in [2.24, 2.45) is 0 Å². The fraction of sp³-hybridized carbons (Fsp3) is 0. The Bertz CT molecular complexity index is 3700. The molecule has 5 nitrogen and oxygen atoms in total. The fourth-order valence-electron chi connectivity index (χ4n) is 9.24. The van der Waals surface area contributed by atoms with Gasteiger partial charge in [-0.05, 0) is 70.6 Å². The predicted molar refractivity (Wildman–Crippen MR) is 234 cm³/mol. The molecular weight excluding hydrogens is 699 g/mol. The third kappa shape index (κ3) is 4.28. The summed E-state index contributed by atoms with van der Waals surface area (Å²) in [4.78, 5) is 10.8. The number of fused-ring (bicyclic) bond motifs is 14. The zero-order chi connectivity index (χ0) is 37.2. The smallest absolute Gasteiger partial charge is 0.180 e. The quantitative estimate of drug-likeness (QED) is 0.182. The molecule has 0 unspecified atom stereocenters. The van der Waals surface area contributed by atoms with E-state index < -0.39 is 0 Å². The molecule has 5 heteroatoms.